The highest BCUT2D eigenvalue weighted by atomic mass is 35.5. The van der Waals surface area contributed by atoms with Crippen molar-refractivity contribution in [3.05, 3.63) is 95.0 Å². The Morgan fingerprint density at radius 3 is 2.17 bits per heavy atom. The number of anilines is 1. The molecule has 0 bridgehead atoms. The number of carbonyl (C=O) groups excluding carboxylic acids is 1. The van der Waals surface area contributed by atoms with Crippen LogP contribution in [-0.4, -0.2) is 21.4 Å². The summed E-state index contributed by atoms with van der Waals surface area (Å²) in [6, 6.07) is 22.3. The number of benzene rings is 3. The van der Waals surface area contributed by atoms with Gasteiger partial charge in [0.2, 0.25) is 0 Å². The van der Waals surface area contributed by atoms with Crippen LogP contribution in [-0.2, 0) is 10.0 Å². The van der Waals surface area contributed by atoms with Crippen LogP contribution in [0.15, 0.2) is 83.8 Å². The van der Waals surface area contributed by atoms with E-state index in [-0.39, 0.29) is 21.9 Å². The van der Waals surface area contributed by atoms with Crippen LogP contribution in [0.3, 0.4) is 0 Å². The third-order valence-electron chi connectivity index (χ3n) is 4.88. The van der Waals surface area contributed by atoms with Crippen LogP contribution in [0.5, 0.6) is 0 Å². The Morgan fingerprint density at radius 2 is 1.60 bits per heavy atom. The summed E-state index contributed by atoms with van der Waals surface area (Å²) in [6.07, 6.45) is 0.726. The maximum absolute atomic E-state index is 12.8. The summed E-state index contributed by atoms with van der Waals surface area (Å²) < 4.78 is 26.8. The van der Waals surface area contributed by atoms with Crippen molar-refractivity contribution in [1.82, 2.24) is 5.32 Å². The zero-order chi connectivity index (χ0) is 21.7. The van der Waals surface area contributed by atoms with Crippen LogP contribution in [0.1, 0.15) is 35.3 Å². The number of nitrogens with zero attached hydrogens (tertiary/aromatic N) is 1. The Bertz CT molecular complexity index is 1120. The monoisotopic (exact) mass is 442 g/mol. The zero-order valence-corrected chi connectivity index (χ0v) is 18.3. The summed E-state index contributed by atoms with van der Waals surface area (Å²) >= 11 is 6.35. The van der Waals surface area contributed by atoms with Gasteiger partial charge in [0.05, 0.1) is 27.2 Å². The van der Waals surface area contributed by atoms with Crippen molar-refractivity contribution in [3.63, 3.8) is 0 Å². The van der Waals surface area contributed by atoms with E-state index < -0.39 is 10.0 Å². The molecule has 3 aromatic rings. The van der Waals surface area contributed by atoms with Crippen molar-refractivity contribution in [2.24, 2.45) is 0 Å². The average Bonchev–Trinajstić information content (AvgIpc) is 2.77. The largest absolute Gasteiger partial charge is 0.345 e. The fraction of sp³-hybridized carbons (Fsp3) is 0.174. The highest BCUT2D eigenvalue weighted by molar-refractivity contribution is 7.92. The summed E-state index contributed by atoms with van der Waals surface area (Å²) in [4.78, 5) is 13.0. The minimum Gasteiger partial charge on any atom is -0.345 e. The van der Waals surface area contributed by atoms with E-state index in [0.717, 1.165) is 16.3 Å². The molecule has 0 radical (unpaired) electrons. The lowest BCUT2D eigenvalue weighted by atomic mass is 10.0. The van der Waals surface area contributed by atoms with Crippen LogP contribution in [0.2, 0.25) is 5.02 Å². The number of nitrogens with one attached hydrogen (secondary N) is 1. The molecule has 5 nitrogen and oxygen atoms in total. The molecule has 0 aromatic heterocycles. The van der Waals surface area contributed by atoms with Gasteiger partial charge in [-0.15, -0.1) is 0 Å². The lowest BCUT2D eigenvalue weighted by Gasteiger charge is -2.21. The first-order valence-corrected chi connectivity index (χ1v) is 11.4. The molecule has 30 heavy (non-hydrogen) atoms. The average molecular weight is 443 g/mol. The maximum Gasteiger partial charge on any atom is 0.264 e. The summed E-state index contributed by atoms with van der Waals surface area (Å²) in [5.74, 6) is -0.309. The zero-order valence-electron chi connectivity index (χ0n) is 16.7. The number of halogens is 1. The minimum atomic E-state index is -3.73. The molecule has 3 aromatic carbocycles. The standard InChI is InChI=1S/C23H23ClN2O3S/c1-3-22(17-10-6-4-7-11-17)25-23(27)20-15-14-18(16-21(20)24)26(2)30(28,29)19-12-8-5-9-13-19/h4-16,22H,3H2,1-2H3,(H,25,27)/t22-/m1/s1. The van der Waals surface area contributed by atoms with Crippen molar-refractivity contribution in [1.29, 1.82) is 0 Å². The summed E-state index contributed by atoms with van der Waals surface area (Å²) in [6.45, 7) is 1.99. The first kappa shape index (κ1) is 21.9. The Hall–Kier alpha value is -2.83. The second kappa shape index (κ2) is 9.32. The number of carbonyl (C=O) groups is 1. The number of sulfonamides is 1. The van der Waals surface area contributed by atoms with Gasteiger partial charge in [0.15, 0.2) is 0 Å². The topological polar surface area (TPSA) is 66.5 Å². The molecule has 0 spiro atoms. The first-order chi connectivity index (χ1) is 14.3. The van der Waals surface area contributed by atoms with E-state index in [4.69, 9.17) is 11.6 Å². The van der Waals surface area contributed by atoms with Gasteiger partial charge in [0.25, 0.3) is 15.9 Å². The fourth-order valence-corrected chi connectivity index (χ4v) is 4.58. The molecule has 0 saturated carbocycles. The van der Waals surface area contributed by atoms with Gasteiger partial charge in [-0.3, -0.25) is 9.10 Å². The summed E-state index contributed by atoms with van der Waals surface area (Å²) in [7, 11) is -2.27. The van der Waals surface area contributed by atoms with Crippen LogP contribution in [0.25, 0.3) is 0 Å². The maximum atomic E-state index is 12.8. The molecule has 1 N–H and O–H groups in total. The molecule has 3 rings (SSSR count). The van der Waals surface area contributed by atoms with Crippen molar-refractivity contribution in [2.45, 2.75) is 24.3 Å². The van der Waals surface area contributed by atoms with E-state index in [1.165, 1.54) is 25.2 Å². The van der Waals surface area contributed by atoms with E-state index in [0.29, 0.717) is 11.3 Å². The molecule has 0 aliphatic heterocycles. The van der Waals surface area contributed by atoms with Crippen molar-refractivity contribution in [2.75, 3.05) is 11.4 Å². The Morgan fingerprint density at radius 1 is 1.00 bits per heavy atom. The normalized spacial score (nSPS) is 12.2. The Labute approximate surface area is 182 Å². The highest BCUT2D eigenvalue weighted by Crippen LogP contribution is 2.28. The number of amides is 1. The minimum absolute atomic E-state index is 0.143. The second-order valence-electron chi connectivity index (χ2n) is 6.79. The van der Waals surface area contributed by atoms with Crippen molar-refractivity contribution >= 4 is 33.2 Å². The Kier molecular flexibility index (Phi) is 6.80. The number of rotatable bonds is 7. The van der Waals surface area contributed by atoms with Gasteiger partial charge in [-0.05, 0) is 42.3 Å². The van der Waals surface area contributed by atoms with Gasteiger partial charge in [-0.25, -0.2) is 8.42 Å². The van der Waals surface area contributed by atoms with Crippen LogP contribution in [0, 0.1) is 0 Å². The SMILES string of the molecule is CC[C@@H](NC(=O)c1ccc(N(C)S(=O)(=O)c2ccccc2)cc1Cl)c1ccccc1. The molecule has 0 aliphatic rings. The quantitative estimate of drug-likeness (QED) is 0.557. The fourth-order valence-electron chi connectivity index (χ4n) is 3.12. The van der Waals surface area contributed by atoms with E-state index >= 15 is 0 Å². The van der Waals surface area contributed by atoms with Gasteiger partial charge in [-0.2, -0.15) is 0 Å². The van der Waals surface area contributed by atoms with Gasteiger partial charge >= 0.3 is 0 Å². The van der Waals surface area contributed by atoms with Crippen molar-refractivity contribution < 1.29 is 13.2 Å². The molecular weight excluding hydrogens is 420 g/mol. The van der Waals surface area contributed by atoms with Crippen LogP contribution in [0.4, 0.5) is 5.69 Å². The predicted molar refractivity (Wildman–Crippen MR) is 120 cm³/mol. The molecule has 0 fully saturated rings. The second-order valence-corrected chi connectivity index (χ2v) is 9.17. The van der Waals surface area contributed by atoms with Crippen molar-refractivity contribution in [3.8, 4) is 0 Å². The predicted octanol–water partition coefficient (Wildman–Crippen LogP) is 5.05. The molecule has 1 atom stereocenters. The summed E-state index contributed by atoms with van der Waals surface area (Å²) in [5.41, 5.74) is 1.67. The third kappa shape index (κ3) is 4.66. The Balaban J connectivity index is 1.82. The molecule has 156 valence electrons. The van der Waals surface area contributed by atoms with E-state index in [9.17, 15) is 13.2 Å². The van der Waals surface area contributed by atoms with Gasteiger partial charge in [0.1, 0.15) is 0 Å². The lowest BCUT2D eigenvalue weighted by Crippen LogP contribution is -2.29. The molecule has 0 heterocycles. The van der Waals surface area contributed by atoms with Crippen LogP contribution >= 0.6 is 11.6 Å². The molecule has 0 saturated heterocycles. The summed E-state index contributed by atoms with van der Waals surface area (Å²) in [5, 5.41) is 3.17. The number of hydrogen-bond acceptors (Lipinski definition) is 3. The molecule has 7 heteroatoms. The van der Waals surface area contributed by atoms with Gasteiger partial charge in [-0.1, -0.05) is 67.1 Å². The number of hydrogen-bond donors (Lipinski definition) is 1. The smallest absolute Gasteiger partial charge is 0.264 e. The van der Waals surface area contributed by atoms with Gasteiger partial charge < -0.3 is 5.32 Å². The molecule has 1 amide bonds. The highest BCUT2D eigenvalue weighted by Gasteiger charge is 2.23. The van der Waals surface area contributed by atoms with Crippen LogP contribution < -0.4 is 9.62 Å². The van der Waals surface area contributed by atoms with Gasteiger partial charge in [0, 0.05) is 7.05 Å². The molecule has 0 aliphatic carbocycles. The lowest BCUT2D eigenvalue weighted by molar-refractivity contribution is 0.0935. The first-order valence-electron chi connectivity index (χ1n) is 9.54. The molecule has 0 unspecified atom stereocenters. The molecular formula is C23H23ClN2O3S. The van der Waals surface area contributed by atoms with E-state index in [2.05, 4.69) is 5.32 Å². The van der Waals surface area contributed by atoms with E-state index in [1.54, 1.807) is 30.3 Å². The van der Waals surface area contributed by atoms with E-state index in [1.807, 2.05) is 37.3 Å². The third-order valence-corrected chi connectivity index (χ3v) is 6.99.